The zero-order valence-corrected chi connectivity index (χ0v) is 35.9. The highest BCUT2D eigenvalue weighted by molar-refractivity contribution is 7.32. The lowest BCUT2D eigenvalue weighted by molar-refractivity contribution is 0.121. The molecule has 280 valence electrons. The van der Waals surface area contributed by atoms with Gasteiger partial charge in [0.25, 0.3) is 6.71 Å². The minimum atomic E-state index is 0.185. The molecule has 9 rings (SSSR count). The van der Waals surface area contributed by atoms with E-state index in [1.54, 1.807) is 16.7 Å². The number of aryl methyl sites for hydroxylation is 1. The summed E-state index contributed by atoms with van der Waals surface area (Å²) in [6.07, 6.45) is 21.2. The molecule has 6 aliphatic rings. The SMILES string of the molecule is CC1=CC(C(C)(C)C)CC=C1N1C2=C(C=C3C(C2)C(C)(C)CCC3(C)C)B2c3sc4ccccc4c3N(C3=CCC(C(C)(C)C)C=C3)c3cc(C)cc1c32. The first kappa shape index (κ1) is 36.2. The molecule has 2 aromatic carbocycles. The maximum atomic E-state index is 2.78. The third kappa shape index (κ3) is 5.47. The smallest absolute Gasteiger partial charge is 0.264 e. The van der Waals surface area contributed by atoms with Crippen molar-refractivity contribution in [2.24, 2.45) is 39.4 Å². The molecular weight excluding hydrogens is 671 g/mol. The molecule has 3 atom stereocenters. The molecule has 1 aromatic heterocycles. The zero-order valence-electron chi connectivity index (χ0n) is 35.1. The molecule has 0 bridgehead atoms. The first-order chi connectivity index (χ1) is 25.3. The van der Waals surface area contributed by atoms with Gasteiger partial charge in [0.2, 0.25) is 0 Å². The number of rotatable bonds is 2. The molecule has 3 aromatic rings. The van der Waals surface area contributed by atoms with Crippen molar-refractivity contribution in [3.8, 4) is 0 Å². The van der Waals surface area contributed by atoms with E-state index in [0.717, 1.165) is 19.3 Å². The number of anilines is 3. The van der Waals surface area contributed by atoms with Crippen molar-refractivity contribution in [1.82, 2.24) is 0 Å². The van der Waals surface area contributed by atoms with Crippen molar-refractivity contribution in [3.63, 3.8) is 0 Å². The molecule has 3 heterocycles. The molecule has 1 saturated carbocycles. The molecule has 0 radical (unpaired) electrons. The maximum Gasteiger partial charge on any atom is 0.264 e. The lowest BCUT2D eigenvalue weighted by Crippen LogP contribution is -2.57. The fraction of sp³-hybridized carbons (Fsp3) is 0.480. The highest BCUT2D eigenvalue weighted by atomic mass is 32.1. The van der Waals surface area contributed by atoms with E-state index < -0.39 is 0 Å². The summed E-state index contributed by atoms with van der Waals surface area (Å²) in [6.45, 7) is 29.4. The van der Waals surface area contributed by atoms with Gasteiger partial charge in [0.1, 0.15) is 0 Å². The Bertz CT molecular complexity index is 2290. The van der Waals surface area contributed by atoms with E-state index in [1.165, 1.54) is 72.8 Å². The van der Waals surface area contributed by atoms with Crippen molar-refractivity contribution >= 4 is 55.4 Å². The van der Waals surface area contributed by atoms with Crippen LogP contribution in [0.5, 0.6) is 0 Å². The average Bonchev–Trinajstić information content (AvgIpc) is 3.48. The number of fused-ring (bicyclic) bond motifs is 6. The third-order valence-electron chi connectivity index (χ3n) is 14.5. The van der Waals surface area contributed by atoms with Crippen LogP contribution in [0.3, 0.4) is 0 Å². The Morgan fingerprint density at radius 1 is 0.833 bits per heavy atom. The molecule has 0 saturated heterocycles. The van der Waals surface area contributed by atoms with Crippen LogP contribution in [0.15, 0.2) is 107 Å². The van der Waals surface area contributed by atoms with Crippen molar-refractivity contribution < 1.29 is 0 Å². The number of allylic oxidation sites excluding steroid dienone is 10. The van der Waals surface area contributed by atoms with Gasteiger partial charge >= 0.3 is 0 Å². The van der Waals surface area contributed by atoms with Crippen LogP contribution in [0.4, 0.5) is 17.1 Å². The van der Waals surface area contributed by atoms with E-state index in [4.69, 9.17) is 0 Å². The Hall–Kier alpha value is -3.50. The minimum Gasteiger partial charge on any atom is -0.315 e. The summed E-state index contributed by atoms with van der Waals surface area (Å²) in [5.41, 5.74) is 16.8. The standard InChI is InChI=1S/C50H61BN2S/c1-30-25-41-44-42(26-30)53(39-22-19-33(27-31(39)2)48(6,7)8)40-29-37-36(49(9,10)23-24-50(37,11)12)28-38(40)51(44)46-45(35-15-13-14-16-43(35)54-46)52(41)34-20-17-32(18-21-34)47(3,4)5/h13-17,20-22,25-28,32-33,37H,18-19,23-24,29H2,1-12H3. The summed E-state index contributed by atoms with van der Waals surface area (Å²) < 4.78 is 2.90. The van der Waals surface area contributed by atoms with Crippen molar-refractivity contribution in [2.45, 2.75) is 115 Å². The third-order valence-corrected chi connectivity index (χ3v) is 15.7. The second kappa shape index (κ2) is 12.0. The number of nitrogens with zero attached hydrogens (tertiary/aromatic N) is 2. The highest BCUT2D eigenvalue weighted by Gasteiger charge is 2.52. The predicted octanol–water partition coefficient (Wildman–Crippen LogP) is 13.1. The summed E-state index contributed by atoms with van der Waals surface area (Å²) in [5, 5.41) is 1.38. The summed E-state index contributed by atoms with van der Waals surface area (Å²) in [7, 11) is 0. The van der Waals surface area contributed by atoms with Crippen LogP contribution >= 0.6 is 11.3 Å². The van der Waals surface area contributed by atoms with Gasteiger partial charge in [-0.3, -0.25) is 0 Å². The monoisotopic (exact) mass is 732 g/mol. The first-order valence-electron chi connectivity index (χ1n) is 20.8. The first-order valence-corrected chi connectivity index (χ1v) is 21.7. The minimum absolute atomic E-state index is 0.185. The van der Waals surface area contributed by atoms with Crippen molar-refractivity contribution in [1.29, 1.82) is 0 Å². The van der Waals surface area contributed by atoms with Gasteiger partial charge in [-0.25, -0.2) is 0 Å². The van der Waals surface area contributed by atoms with E-state index in [9.17, 15) is 0 Å². The summed E-state index contributed by atoms with van der Waals surface area (Å²) in [6, 6.07) is 14.3. The lowest BCUT2D eigenvalue weighted by Gasteiger charge is -2.54. The molecule has 54 heavy (non-hydrogen) atoms. The summed E-state index contributed by atoms with van der Waals surface area (Å²) in [5.74, 6) is 1.59. The number of benzene rings is 2. The van der Waals surface area contributed by atoms with Crippen LogP contribution in [0.1, 0.15) is 114 Å². The second-order valence-corrected chi connectivity index (χ2v) is 22.2. The summed E-state index contributed by atoms with van der Waals surface area (Å²) in [4.78, 5) is 5.46. The molecular formula is C50H61BN2S. The van der Waals surface area contributed by atoms with Crippen LogP contribution in [0.2, 0.25) is 0 Å². The highest BCUT2D eigenvalue weighted by Crippen LogP contribution is 2.59. The molecule has 1 fully saturated rings. The van der Waals surface area contributed by atoms with E-state index in [2.05, 4.69) is 166 Å². The zero-order chi connectivity index (χ0) is 38.3. The van der Waals surface area contributed by atoms with Crippen molar-refractivity contribution in [2.75, 3.05) is 9.80 Å². The Balaban J connectivity index is 1.33. The van der Waals surface area contributed by atoms with E-state index in [0.29, 0.717) is 17.8 Å². The van der Waals surface area contributed by atoms with E-state index in [1.807, 2.05) is 11.3 Å². The summed E-state index contributed by atoms with van der Waals surface area (Å²) >= 11 is 2.04. The Kier molecular flexibility index (Phi) is 8.04. The fourth-order valence-corrected chi connectivity index (χ4v) is 12.2. The van der Waals surface area contributed by atoms with Crippen LogP contribution in [-0.4, -0.2) is 6.71 Å². The van der Waals surface area contributed by atoms with Gasteiger partial charge in [-0.2, -0.15) is 0 Å². The van der Waals surface area contributed by atoms with Gasteiger partial charge in [-0.1, -0.05) is 123 Å². The Labute approximate surface area is 330 Å². The Morgan fingerprint density at radius 2 is 1.52 bits per heavy atom. The van der Waals surface area contributed by atoms with E-state index in [-0.39, 0.29) is 28.4 Å². The molecule has 0 amide bonds. The Morgan fingerprint density at radius 3 is 2.19 bits per heavy atom. The molecule has 2 nitrogen and oxygen atoms in total. The lowest BCUT2D eigenvalue weighted by atomic mass is 9.34. The van der Waals surface area contributed by atoms with Crippen molar-refractivity contribution in [3.05, 3.63) is 112 Å². The molecule has 0 N–H and O–H groups in total. The van der Waals surface area contributed by atoms with Gasteiger partial charge in [-0.15, -0.1) is 11.3 Å². The maximum absolute atomic E-state index is 2.78. The topological polar surface area (TPSA) is 6.48 Å². The number of hydrogen-bond acceptors (Lipinski definition) is 3. The normalized spacial score (nSPS) is 25.7. The fourth-order valence-electron chi connectivity index (χ4n) is 10.8. The van der Waals surface area contributed by atoms with Crippen LogP contribution in [0, 0.1) is 46.3 Å². The van der Waals surface area contributed by atoms with Gasteiger partial charge < -0.3 is 9.80 Å². The van der Waals surface area contributed by atoms with E-state index >= 15 is 0 Å². The number of thiophene rings is 1. The van der Waals surface area contributed by atoms with Gasteiger partial charge in [0.05, 0.1) is 5.69 Å². The predicted molar refractivity (Wildman–Crippen MR) is 237 cm³/mol. The average molecular weight is 733 g/mol. The molecule has 4 heteroatoms. The van der Waals surface area contributed by atoms with Gasteiger partial charge in [-0.05, 0) is 132 Å². The number of hydrogen-bond donors (Lipinski definition) is 0. The molecule has 0 spiro atoms. The van der Waals surface area contributed by atoms with Crippen LogP contribution in [0.25, 0.3) is 10.1 Å². The molecule has 4 aliphatic carbocycles. The largest absolute Gasteiger partial charge is 0.315 e. The molecule has 3 unspecified atom stereocenters. The quantitative estimate of drug-likeness (QED) is 0.242. The molecule has 2 aliphatic heterocycles. The van der Waals surface area contributed by atoms with Crippen LogP contribution in [-0.2, 0) is 0 Å². The van der Waals surface area contributed by atoms with Gasteiger partial charge in [0, 0.05) is 43.3 Å². The van der Waals surface area contributed by atoms with Crippen LogP contribution < -0.4 is 20.0 Å². The second-order valence-electron chi connectivity index (χ2n) is 21.1. The van der Waals surface area contributed by atoms with Gasteiger partial charge in [0.15, 0.2) is 0 Å².